The highest BCUT2D eigenvalue weighted by Gasteiger charge is 2.23. The van der Waals surface area contributed by atoms with Crippen LogP contribution in [0.15, 0.2) is 22.7 Å². The molecule has 1 aromatic rings. The number of halogens is 1. The number of aliphatic carboxylic acids is 1. The van der Waals surface area contributed by atoms with Gasteiger partial charge in [0.25, 0.3) is 5.91 Å². The SMILES string of the molecule is CC(C)[C@H](NC(=O)c1ccc(Br)c(N)c1)C(=O)O. The van der Waals surface area contributed by atoms with Crippen LogP contribution in [0.4, 0.5) is 5.69 Å². The molecule has 0 saturated heterocycles. The van der Waals surface area contributed by atoms with E-state index < -0.39 is 17.9 Å². The molecule has 0 radical (unpaired) electrons. The molecule has 0 fully saturated rings. The number of nitrogens with one attached hydrogen (secondary N) is 1. The Morgan fingerprint density at radius 1 is 1.39 bits per heavy atom. The zero-order valence-corrected chi connectivity index (χ0v) is 11.7. The molecule has 1 rings (SSSR count). The predicted molar refractivity (Wildman–Crippen MR) is 72.3 cm³/mol. The minimum atomic E-state index is -1.05. The maximum atomic E-state index is 11.9. The van der Waals surface area contributed by atoms with Gasteiger partial charge in [0.05, 0.1) is 0 Å². The molecule has 0 heterocycles. The van der Waals surface area contributed by atoms with Gasteiger partial charge in [0.1, 0.15) is 6.04 Å². The molecule has 0 aliphatic carbocycles. The topological polar surface area (TPSA) is 92.4 Å². The Bertz CT molecular complexity index is 474. The summed E-state index contributed by atoms with van der Waals surface area (Å²) in [6.45, 7) is 3.46. The fourth-order valence-corrected chi connectivity index (χ4v) is 1.67. The lowest BCUT2D eigenvalue weighted by Gasteiger charge is -2.18. The molecule has 0 aromatic heterocycles. The summed E-state index contributed by atoms with van der Waals surface area (Å²) in [5.41, 5.74) is 6.43. The van der Waals surface area contributed by atoms with Gasteiger partial charge in [0, 0.05) is 15.7 Å². The quantitative estimate of drug-likeness (QED) is 0.740. The average Bonchev–Trinajstić information content (AvgIpc) is 2.28. The van der Waals surface area contributed by atoms with Crippen LogP contribution in [0.2, 0.25) is 0 Å². The summed E-state index contributed by atoms with van der Waals surface area (Å²) in [6.07, 6.45) is 0. The molecule has 6 heteroatoms. The summed E-state index contributed by atoms with van der Waals surface area (Å²) in [7, 11) is 0. The van der Waals surface area contributed by atoms with Gasteiger partial charge < -0.3 is 16.2 Å². The summed E-state index contributed by atoms with van der Waals surface area (Å²) >= 11 is 3.22. The second-order valence-corrected chi connectivity index (χ2v) is 5.12. The Labute approximate surface area is 113 Å². The molecule has 0 spiro atoms. The Kier molecular flexibility index (Phi) is 4.72. The fraction of sp³-hybridized carbons (Fsp3) is 0.333. The van der Waals surface area contributed by atoms with E-state index in [2.05, 4.69) is 21.2 Å². The van der Waals surface area contributed by atoms with Gasteiger partial charge in [-0.1, -0.05) is 13.8 Å². The Morgan fingerprint density at radius 2 is 2.00 bits per heavy atom. The van der Waals surface area contributed by atoms with Crippen molar-refractivity contribution in [1.82, 2.24) is 5.32 Å². The molecule has 0 saturated carbocycles. The number of carboxylic acid groups (broad SMARTS) is 1. The number of rotatable bonds is 4. The lowest BCUT2D eigenvalue weighted by molar-refractivity contribution is -0.140. The van der Waals surface area contributed by atoms with Crippen molar-refractivity contribution in [2.75, 3.05) is 5.73 Å². The van der Waals surface area contributed by atoms with E-state index in [-0.39, 0.29) is 5.92 Å². The number of benzene rings is 1. The van der Waals surface area contributed by atoms with Gasteiger partial charge >= 0.3 is 5.97 Å². The lowest BCUT2D eigenvalue weighted by Crippen LogP contribution is -2.44. The number of hydrogen-bond acceptors (Lipinski definition) is 3. The number of nitrogens with two attached hydrogens (primary N) is 1. The van der Waals surface area contributed by atoms with E-state index in [1.54, 1.807) is 26.0 Å². The monoisotopic (exact) mass is 314 g/mol. The van der Waals surface area contributed by atoms with Gasteiger partial charge in [-0.05, 0) is 40.0 Å². The van der Waals surface area contributed by atoms with Crippen molar-refractivity contribution < 1.29 is 14.7 Å². The first kappa shape index (κ1) is 14.5. The van der Waals surface area contributed by atoms with Crippen molar-refractivity contribution >= 4 is 33.5 Å². The van der Waals surface area contributed by atoms with Gasteiger partial charge in [-0.2, -0.15) is 0 Å². The third-order valence-electron chi connectivity index (χ3n) is 2.48. The molecule has 4 N–H and O–H groups in total. The van der Waals surface area contributed by atoms with Crippen LogP contribution in [-0.2, 0) is 4.79 Å². The number of carbonyl (C=O) groups is 2. The van der Waals surface area contributed by atoms with E-state index in [9.17, 15) is 9.59 Å². The second kappa shape index (κ2) is 5.86. The zero-order chi connectivity index (χ0) is 13.9. The second-order valence-electron chi connectivity index (χ2n) is 4.27. The molecule has 1 amide bonds. The molecule has 1 atom stereocenters. The Balaban J connectivity index is 2.87. The van der Waals surface area contributed by atoms with Crippen LogP contribution in [0.5, 0.6) is 0 Å². The van der Waals surface area contributed by atoms with Crippen molar-refractivity contribution in [3.8, 4) is 0 Å². The van der Waals surface area contributed by atoms with Gasteiger partial charge in [-0.15, -0.1) is 0 Å². The first-order valence-corrected chi connectivity index (χ1v) is 6.21. The highest BCUT2D eigenvalue weighted by atomic mass is 79.9. The summed E-state index contributed by atoms with van der Waals surface area (Å²) in [4.78, 5) is 22.9. The first-order valence-electron chi connectivity index (χ1n) is 5.41. The number of amides is 1. The summed E-state index contributed by atoms with van der Waals surface area (Å²) < 4.78 is 0.692. The van der Waals surface area contributed by atoms with E-state index in [0.717, 1.165) is 0 Å². The number of anilines is 1. The van der Waals surface area contributed by atoms with E-state index in [1.165, 1.54) is 6.07 Å². The molecule has 0 bridgehead atoms. The molecule has 0 aliphatic rings. The normalized spacial score (nSPS) is 12.2. The highest BCUT2D eigenvalue weighted by Crippen LogP contribution is 2.20. The van der Waals surface area contributed by atoms with Crippen molar-refractivity contribution in [3.63, 3.8) is 0 Å². The lowest BCUT2D eigenvalue weighted by atomic mass is 10.0. The van der Waals surface area contributed by atoms with E-state index in [0.29, 0.717) is 15.7 Å². The minimum Gasteiger partial charge on any atom is -0.480 e. The molecule has 1 aromatic carbocycles. The van der Waals surface area contributed by atoms with Crippen LogP contribution in [-0.4, -0.2) is 23.0 Å². The van der Waals surface area contributed by atoms with Crippen molar-refractivity contribution in [1.29, 1.82) is 0 Å². The smallest absolute Gasteiger partial charge is 0.326 e. The van der Waals surface area contributed by atoms with Crippen LogP contribution < -0.4 is 11.1 Å². The number of nitrogen functional groups attached to an aromatic ring is 1. The van der Waals surface area contributed by atoms with E-state index >= 15 is 0 Å². The van der Waals surface area contributed by atoms with Gasteiger partial charge in [0.2, 0.25) is 0 Å². The van der Waals surface area contributed by atoms with Gasteiger partial charge in [-0.25, -0.2) is 4.79 Å². The maximum absolute atomic E-state index is 11.9. The Morgan fingerprint density at radius 3 is 2.44 bits per heavy atom. The van der Waals surface area contributed by atoms with Crippen LogP contribution in [0, 0.1) is 5.92 Å². The van der Waals surface area contributed by atoms with Crippen LogP contribution >= 0.6 is 15.9 Å². The van der Waals surface area contributed by atoms with Crippen molar-refractivity contribution in [2.45, 2.75) is 19.9 Å². The summed E-state index contributed by atoms with van der Waals surface area (Å²) in [5.74, 6) is -1.70. The van der Waals surface area contributed by atoms with Crippen LogP contribution in [0.25, 0.3) is 0 Å². The van der Waals surface area contributed by atoms with Crippen molar-refractivity contribution in [2.24, 2.45) is 5.92 Å². The molecule has 98 valence electrons. The fourth-order valence-electron chi connectivity index (χ4n) is 1.42. The molecular weight excluding hydrogens is 300 g/mol. The van der Waals surface area contributed by atoms with E-state index in [4.69, 9.17) is 10.8 Å². The van der Waals surface area contributed by atoms with Crippen LogP contribution in [0.3, 0.4) is 0 Å². The zero-order valence-electron chi connectivity index (χ0n) is 10.1. The largest absolute Gasteiger partial charge is 0.480 e. The summed E-state index contributed by atoms with van der Waals surface area (Å²) in [6, 6.07) is 3.81. The minimum absolute atomic E-state index is 0.195. The van der Waals surface area contributed by atoms with Gasteiger partial charge in [0.15, 0.2) is 0 Å². The molecule has 0 unspecified atom stereocenters. The third kappa shape index (κ3) is 3.46. The Hall–Kier alpha value is -1.56. The summed E-state index contributed by atoms with van der Waals surface area (Å²) in [5, 5.41) is 11.5. The molecule has 18 heavy (non-hydrogen) atoms. The molecular formula is C12H15BrN2O3. The highest BCUT2D eigenvalue weighted by molar-refractivity contribution is 9.10. The van der Waals surface area contributed by atoms with E-state index in [1.807, 2.05) is 0 Å². The molecule has 0 aliphatic heterocycles. The van der Waals surface area contributed by atoms with Crippen molar-refractivity contribution in [3.05, 3.63) is 28.2 Å². The number of carbonyl (C=O) groups excluding carboxylic acids is 1. The average molecular weight is 315 g/mol. The van der Waals surface area contributed by atoms with Crippen LogP contribution in [0.1, 0.15) is 24.2 Å². The first-order chi connectivity index (χ1) is 8.32. The number of carboxylic acids is 1. The number of hydrogen-bond donors (Lipinski definition) is 3. The third-order valence-corrected chi connectivity index (χ3v) is 3.20. The maximum Gasteiger partial charge on any atom is 0.326 e. The standard InChI is InChI=1S/C12H15BrN2O3/c1-6(2)10(12(17)18)15-11(16)7-3-4-8(13)9(14)5-7/h3-6,10H,14H2,1-2H3,(H,15,16)(H,17,18)/t10-/m0/s1. The van der Waals surface area contributed by atoms with Gasteiger partial charge in [-0.3, -0.25) is 4.79 Å². The predicted octanol–water partition coefficient (Wildman–Crippen LogP) is 1.87. The molecule has 5 nitrogen and oxygen atoms in total.